The molecule has 0 aliphatic carbocycles. The highest BCUT2D eigenvalue weighted by Gasteiger charge is 2.17. The lowest BCUT2D eigenvalue weighted by atomic mass is 10.1. The number of thiazole rings is 1. The zero-order chi connectivity index (χ0) is 21.8. The van der Waals surface area contributed by atoms with Gasteiger partial charge in [0.2, 0.25) is 5.91 Å². The molecule has 4 rings (SSSR count). The number of hydrogen-bond acceptors (Lipinski definition) is 4. The normalized spacial score (nSPS) is 11.7. The van der Waals surface area contributed by atoms with Crippen LogP contribution in [-0.4, -0.2) is 10.9 Å². The van der Waals surface area contributed by atoms with E-state index in [2.05, 4.69) is 15.6 Å². The predicted octanol–water partition coefficient (Wildman–Crippen LogP) is 7.43. The first-order valence-electron chi connectivity index (χ1n) is 9.58. The summed E-state index contributed by atoms with van der Waals surface area (Å²) in [6, 6.07) is 22.5. The third kappa shape index (κ3) is 5.25. The van der Waals surface area contributed by atoms with Gasteiger partial charge >= 0.3 is 0 Å². The van der Waals surface area contributed by atoms with E-state index in [1.54, 1.807) is 0 Å². The number of amides is 1. The van der Waals surface area contributed by atoms with Crippen molar-refractivity contribution in [1.82, 2.24) is 4.98 Å². The molecule has 1 atom stereocenters. The molecule has 0 spiro atoms. The molecule has 0 radical (unpaired) electrons. The smallest absolute Gasteiger partial charge is 0.246 e. The van der Waals surface area contributed by atoms with E-state index in [4.69, 9.17) is 23.2 Å². The molecule has 1 aromatic heterocycles. The van der Waals surface area contributed by atoms with Crippen molar-refractivity contribution in [2.45, 2.75) is 12.3 Å². The Morgan fingerprint density at radius 3 is 2.52 bits per heavy atom. The average Bonchev–Trinajstić information content (AvgIpc) is 3.25. The number of nitrogens with one attached hydrogen (secondary N) is 2. The van der Waals surface area contributed by atoms with Crippen molar-refractivity contribution >= 4 is 57.0 Å². The molecule has 2 N–H and O–H groups in total. The van der Waals surface area contributed by atoms with Crippen LogP contribution in [0.15, 0.2) is 78.2 Å². The topological polar surface area (TPSA) is 54.0 Å². The Morgan fingerprint density at radius 2 is 1.77 bits per heavy atom. The van der Waals surface area contributed by atoms with E-state index < -0.39 is 5.38 Å². The summed E-state index contributed by atoms with van der Waals surface area (Å²) < 4.78 is 0. The van der Waals surface area contributed by atoms with Crippen molar-refractivity contribution in [3.8, 4) is 11.3 Å². The summed E-state index contributed by atoms with van der Waals surface area (Å²) in [6.07, 6.45) is 0. The van der Waals surface area contributed by atoms with E-state index in [-0.39, 0.29) is 5.91 Å². The Labute approximate surface area is 194 Å². The molecule has 1 unspecified atom stereocenters. The molecule has 0 aliphatic rings. The molecule has 3 aromatic carbocycles. The fraction of sp³-hybridized carbons (Fsp3) is 0.0833. The Kier molecular flexibility index (Phi) is 6.56. The van der Waals surface area contributed by atoms with Crippen molar-refractivity contribution < 1.29 is 4.79 Å². The summed E-state index contributed by atoms with van der Waals surface area (Å²) in [6.45, 7) is 2.02. The highest BCUT2D eigenvalue weighted by Crippen LogP contribution is 2.30. The van der Waals surface area contributed by atoms with E-state index in [1.165, 1.54) is 11.3 Å². The molecule has 7 heteroatoms. The second-order valence-electron chi connectivity index (χ2n) is 6.96. The van der Waals surface area contributed by atoms with Crippen molar-refractivity contribution in [3.63, 3.8) is 0 Å². The van der Waals surface area contributed by atoms with Gasteiger partial charge in [-0.05, 0) is 42.3 Å². The van der Waals surface area contributed by atoms with Gasteiger partial charge in [0.05, 0.1) is 5.69 Å². The number of rotatable bonds is 6. The van der Waals surface area contributed by atoms with Gasteiger partial charge in [-0.15, -0.1) is 22.9 Å². The first-order chi connectivity index (χ1) is 15.0. The first kappa shape index (κ1) is 21.4. The van der Waals surface area contributed by atoms with Crippen molar-refractivity contribution in [2.24, 2.45) is 0 Å². The van der Waals surface area contributed by atoms with E-state index >= 15 is 0 Å². The summed E-state index contributed by atoms with van der Waals surface area (Å²) in [5, 5.41) is 8.87. The van der Waals surface area contributed by atoms with Crippen molar-refractivity contribution in [1.29, 1.82) is 0 Å². The molecule has 31 heavy (non-hydrogen) atoms. The summed E-state index contributed by atoms with van der Waals surface area (Å²) in [5.74, 6) is -0.266. The molecule has 156 valence electrons. The van der Waals surface area contributed by atoms with Crippen LogP contribution in [0.2, 0.25) is 5.02 Å². The van der Waals surface area contributed by atoms with Gasteiger partial charge in [0.25, 0.3) is 0 Å². The summed E-state index contributed by atoms with van der Waals surface area (Å²) in [5.41, 5.74) is 5.27. The van der Waals surface area contributed by atoms with Crippen LogP contribution >= 0.6 is 34.5 Å². The lowest BCUT2D eigenvalue weighted by Gasteiger charge is -2.11. The summed E-state index contributed by atoms with van der Waals surface area (Å²) >= 11 is 13.9. The Hall–Kier alpha value is -2.86. The predicted molar refractivity (Wildman–Crippen MR) is 131 cm³/mol. The van der Waals surface area contributed by atoms with Crippen LogP contribution in [0.25, 0.3) is 11.3 Å². The molecule has 4 nitrogen and oxygen atoms in total. The summed E-state index contributed by atoms with van der Waals surface area (Å²) in [7, 11) is 0. The maximum Gasteiger partial charge on any atom is 0.246 e. The highest BCUT2D eigenvalue weighted by atomic mass is 35.5. The minimum absolute atomic E-state index is 0.266. The van der Waals surface area contributed by atoms with Crippen LogP contribution in [0, 0.1) is 6.92 Å². The van der Waals surface area contributed by atoms with Gasteiger partial charge in [-0.2, -0.15) is 0 Å². The van der Waals surface area contributed by atoms with E-state index in [1.807, 2.05) is 85.1 Å². The fourth-order valence-electron chi connectivity index (χ4n) is 3.01. The number of aryl methyl sites for hydroxylation is 1. The number of hydrogen-bond donors (Lipinski definition) is 2. The summed E-state index contributed by atoms with van der Waals surface area (Å²) in [4.78, 5) is 17.1. The number of halogens is 2. The van der Waals surface area contributed by atoms with Gasteiger partial charge in [0.1, 0.15) is 5.38 Å². The molecule has 4 aromatic rings. The van der Waals surface area contributed by atoms with Gasteiger partial charge < -0.3 is 10.6 Å². The third-order valence-electron chi connectivity index (χ3n) is 4.72. The van der Waals surface area contributed by atoms with Gasteiger partial charge in [0.15, 0.2) is 5.13 Å². The highest BCUT2D eigenvalue weighted by molar-refractivity contribution is 7.14. The zero-order valence-corrected chi connectivity index (χ0v) is 18.9. The molecule has 1 amide bonds. The van der Waals surface area contributed by atoms with E-state index in [0.29, 0.717) is 10.7 Å². The number of carbonyl (C=O) groups excluding carboxylic acids is 1. The number of aromatic nitrogens is 1. The SMILES string of the molecule is Cc1ccc(Cl)cc1Nc1nc(-c2ccc(NC(=O)C(Cl)c3ccccc3)cc2)cs1. The number of alkyl halides is 1. The lowest BCUT2D eigenvalue weighted by Crippen LogP contribution is -2.17. The van der Waals surface area contributed by atoms with Gasteiger partial charge in [0, 0.05) is 27.3 Å². The minimum Gasteiger partial charge on any atom is -0.331 e. The number of benzene rings is 3. The molecule has 0 fully saturated rings. The minimum atomic E-state index is -0.747. The van der Waals surface area contributed by atoms with Crippen LogP contribution in [0.1, 0.15) is 16.5 Å². The largest absolute Gasteiger partial charge is 0.331 e. The van der Waals surface area contributed by atoms with Crippen LogP contribution in [0.3, 0.4) is 0 Å². The molecular weight excluding hydrogens is 449 g/mol. The standard InChI is InChI=1S/C24H19Cl2N3OS/c1-15-7-10-18(25)13-20(15)28-24-29-21(14-31-24)16-8-11-19(12-9-16)27-23(30)22(26)17-5-3-2-4-6-17/h2-14,22H,1H3,(H,27,30)(H,28,29). The fourth-order valence-corrected chi connectivity index (χ4v) is 4.12. The van der Waals surface area contributed by atoms with Crippen molar-refractivity contribution in [3.05, 3.63) is 94.3 Å². The van der Waals surface area contributed by atoms with E-state index in [9.17, 15) is 4.79 Å². The zero-order valence-electron chi connectivity index (χ0n) is 16.6. The van der Waals surface area contributed by atoms with Gasteiger partial charge in [-0.25, -0.2) is 4.98 Å². The van der Waals surface area contributed by atoms with Gasteiger partial charge in [-0.3, -0.25) is 4.79 Å². The second kappa shape index (κ2) is 9.52. The molecule has 0 saturated carbocycles. The Morgan fingerprint density at radius 1 is 1.03 bits per heavy atom. The number of anilines is 3. The second-order valence-corrected chi connectivity index (χ2v) is 8.69. The van der Waals surface area contributed by atoms with Crippen LogP contribution < -0.4 is 10.6 Å². The maximum absolute atomic E-state index is 12.4. The average molecular weight is 468 g/mol. The molecule has 0 bridgehead atoms. The Balaban J connectivity index is 1.43. The van der Waals surface area contributed by atoms with Crippen LogP contribution in [-0.2, 0) is 4.79 Å². The van der Waals surface area contributed by atoms with Crippen LogP contribution in [0.4, 0.5) is 16.5 Å². The van der Waals surface area contributed by atoms with Crippen molar-refractivity contribution in [2.75, 3.05) is 10.6 Å². The van der Waals surface area contributed by atoms with E-state index in [0.717, 1.165) is 33.2 Å². The first-order valence-corrected chi connectivity index (χ1v) is 11.3. The quantitative estimate of drug-likeness (QED) is 0.289. The molecule has 0 saturated heterocycles. The van der Waals surface area contributed by atoms with Gasteiger partial charge in [-0.1, -0.05) is 60.1 Å². The monoisotopic (exact) mass is 467 g/mol. The maximum atomic E-state index is 12.4. The number of carbonyl (C=O) groups is 1. The number of nitrogens with zero attached hydrogens (tertiary/aromatic N) is 1. The molecule has 0 aliphatic heterocycles. The molecular formula is C24H19Cl2N3OS. The van der Waals surface area contributed by atoms with Crippen LogP contribution in [0.5, 0.6) is 0 Å². The lowest BCUT2D eigenvalue weighted by molar-refractivity contribution is -0.116. The Bertz CT molecular complexity index is 1190. The molecule has 1 heterocycles. The third-order valence-corrected chi connectivity index (χ3v) is 6.16.